The van der Waals surface area contributed by atoms with Gasteiger partial charge >= 0.3 is 0 Å². The number of aromatic nitrogens is 4. The van der Waals surface area contributed by atoms with Crippen molar-refractivity contribution in [2.24, 2.45) is 0 Å². The van der Waals surface area contributed by atoms with Crippen LogP contribution in [0.4, 0.5) is 10.1 Å². The van der Waals surface area contributed by atoms with E-state index in [-0.39, 0.29) is 11.4 Å². The zero-order valence-corrected chi connectivity index (χ0v) is 15.5. The van der Waals surface area contributed by atoms with Gasteiger partial charge in [0.15, 0.2) is 11.4 Å². The molecule has 1 aromatic carbocycles. The predicted octanol–water partition coefficient (Wildman–Crippen LogP) is 4.47. The Balaban J connectivity index is 1.49. The highest BCUT2D eigenvalue weighted by Gasteiger charge is 2.13. The van der Waals surface area contributed by atoms with Gasteiger partial charge in [0.1, 0.15) is 11.5 Å². The van der Waals surface area contributed by atoms with E-state index >= 15 is 0 Å². The first-order valence-electron chi connectivity index (χ1n) is 9.09. The normalized spacial score (nSPS) is 11.0. The SMILES string of the molecule is O=C(Nc1ccc(F)c(-n2cc3cc(-c4ccccn4)cnc3n2)c1)c1ccco1. The summed E-state index contributed by atoms with van der Waals surface area (Å²) in [5.41, 5.74) is 2.69. The monoisotopic (exact) mass is 399 g/mol. The second-order valence-corrected chi connectivity index (χ2v) is 6.52. The van der Waals surface area contributed by atoms with Gasteiger partial charge in [0, 0.05) is 35.2 Å². The van der Waals surface area contributed by atoms with Gasteiger partial charge in [-0.15, -0.1) is 5.10 Å². The number of pyridine rings is 2. The maximum atomic E-state index is 14.5. The van der Waals surface area contributed by atoms with Gasteiger partial charge in [0.05, 0.1) is 12.0 Å². The Kier molecular flexibility index (Phi) is 4.29. The van der Waals surface area contributed by atoms with E-state index in [1.54, 1.807) is 30.7 Å². The Morgan fingerprint density at radius 3 is 2.80 bits per heavy atom. The van der Waals surface area contributed by atoms with Crippen LogP contribution in [-0.2, 0) is 0 Å². The van der Waals surface area contributed by atoms with Crippen LogP contribution < -0.4 is 5.32 Å². The highest BCUT2D eigenvalue weighted by atomic mass is 19.1. The third-order valence-electron chi connectivity index (χ3n) is 4.52. The van der Waals surface area contributed by atoms with Gasteiger partial charge < -0.3 is 9.73 Å². The summed E-state index contributed by atoms with van der Waals surface area (Å²) in [5, 5.41) is 7.78. The smallest absolute Gasteiger partial charge is 0.291 e. The molecule has 0 atom stereocenters. The van der Waals surface area contributed by atoms with Crippen molar-refractivity contribution in [2.45, 2.75) is 0 Å². The van der Waals surface area contributed by atoms with Crippen molar-refractivity contribution in [3.8, 4) is 16.9 Å². The van der Waals surface area contributed by atoms with Crippen LogP contribution in [-0.4, -0.2) is 25.7 Å². The number of nitrogens with one attached hydrogen (secondary N) is 1. The van der Waals surface area contributed by atoms with Gasteiger partial charge in [0.2, 0.25) is 0 Å². The van der Waals surface area contributed by atoms with E-state index in [2.05, 4.69) is 20.4 Å². The number of rotatable bonds is 4. The third-order valence-corrected chi connectivity index (χ3v) is 4.52. The molecule has 5 rings (SSSR count). The molecule has 0 saturated heterocycles. The molecule has 0 saturated carbocycles. The van der Waals surface area contributed by atoms with E-state index in [0.29, 0.717) is 11.3 Å². The average Bonchev–Trinajstić information content (AvgIpc) is 3.45. The van der Waals surface area contributed by atoms with Gasteiger partial charge in [-0.2, -0.15) is 0 Å². The number of furan rings is 1. The molecule has 0 bridgehead atoms. The summed E-state index contributed by atoms with van der Waals surface area (Å²) in [6.45, 7) is 0. The van der Waals surface area contributed by atoms with Crippen molar-refractivity contribution in [3.05, 3.63) is 91.0 Å². The Morgan fingerprint density at radius 1 is 1.07 bits per heavy atom. The van der Waals surface area contributed by atoms with Gasteiger partial charge in [-0.25, -0.2) is 14.1 Å². The number of carbonyl (C=O) groups is 1. The van der Waals surface area contributed by atoms with Crippen molar-refractivity contribution >= 4 is 22.6 Å². The predicted molar refractivity (Wildman–Crippen MR) is 109 cm³/mol. The molecule has 8 heteroatoms. The van der Waals surface area contributed by atoms with Crippen LogP contribution in [0.25, 0.3) is 28.0 Å². The van der Waals surface area contributed by atoms with Crippen LogP contribution in [0.2, 0.25) is 0 Å². The topological polar surface area (TPSA) is 85.8 Å². The zero-order chi connectivity index (χ0) is 20.5. The van der Waals surface area contributed by atoms with Crippen LogP contribution in [0.5, 0.6) is 0 Å². The van der Waals surface area contributed by atoms with E-state index in [9.17, 15) is 9.18 Å². The summed E-state index contributed by atoms with van der Waals surface area (Å²) >= 11 is 0. The van der Waals surface area contributed by atoms with Crippen molar-refractivity contribution in [2.75, 3.05) is 5.32 Å². The number of carbonyl (C=O) groups excluding carboxylic acids is 1. The molecule has 0 radical (unpaired) electrons. The summed E-state index contributed by atoms with van der Waals surface area (Å²) in [7, 11) is 0. The van der Waals surface area contributed by atoms with E-state index in [4.69, 9.17) is 4.42 Å². The van der Waals surface area contributed by atoms with E-state index < -0.39 is 11.7 Å². The summed E-state index contributed by atoms with van der Waals surface area (Å²) < 4.78 is 21.0. The first-order valence-corrected chi connectivity index (χ1v) is 9.09. The van der Waals surface area contributed by atoms with Crippen LogP contribution in [0.15, 0.2) is 83.9 Å². The van der Waals surface area contributed by atoms with Crippen molar-refractivity contribution < 1.29 is 13.6 Å². The lowest BCUT2D eigenvalue weighted by Crippen LogP contribution is -2.11. The Morgan fingerprint density at radius 2 is 2.00 bits per heavy atom. The number of halogens is 1. The first kappa shape index (κ1) is 17.7. The second-order valence-electron chi connectivity index (χ2n) is 6.52. The van der Waals surface area contributed by atoms with Gasteiger partial charge in [-0.05, 0) is 48.5 Å². The number of nitrogens with zero attached hydrogens (tertiary/aromatic N) is 4. The molecule has 4 heterocycles. The minimum Gasteiger partial charge on any atom is -0.459 e. The molecule has 4 aromatic heterocycles. The highest BCUT2D eigenvalue weighted by Crippen LogP contribution is 2.24. The largest absolute Gasteiger partial charge is 0.459 e. The molecule has 1 N–H and O–H groups in total. The fourth-order valence-corrected chi connectivity index (χ4v) is 3.08. The van der Waals surface area contributed by atoms with Crippen LogP contribution in [0.1, 0.15) is 10.6 Å². The van der Waals surface area contributed by atoms with Crippen molar-refractivity contribution in [1.29, 1.82) is 0 Å². The minimum atomic E-state index is -0.483. The second kappa shape index (κ2) is 7.25. The maximum Gasteiger partial charge on any atom is 0.291 e. The highest BCUT2D eigenvalue weighted by molar-refractivity contribution is 6.02. The number of amides is 1. The molecule has 30 heavy (non-hydrogen) atoms. The van der Waals surface area contributed by atoms with Gasteiger partial charge in [0.25, 0.3) is 5.91 Å². The molecule has 0 fully saturated rings. The molecule has 0 unspecified atom stereocenters. The van der Waals surface area contributed by atoms with Crippen molar-refractivity contribution in [1.82, 2.24) is 19.7 Å². The fraction of sp³-hybridized carbons (Fsp3) is 0. The molecule has 0 aliphatic rings. The number of benzene rings is 1. The summed E-state index contributed by atoms with van der Waals surface area (Å²) in [4.78, 5) is 20.9. The van der Waals surface area contributed by atoms with Crippen LogP contribution >= 0.6 is 0 Å². The van der Waals surface area contributed by atoms with E-state index in [1.165, 1.54) is 29.1 Å². The number of fused-ring (bicyclic) bond motifs is 1. The van der Waals surface area contributed by atoms with Crippen molar-refractivity contribution in [3.63, 3.8) is 0 Å². The first-order chi connectivity index (χ1) is 14.7. The minimum absolute atomic E-state index is 0.164. The zero-order valence-electron chi connectivity index (χ0n) is 15.5. The van der Waals surface area contributed by atoms with E-state index in [0.717, 1.165) is 16.6 Å². The lowest BCUT2D eigenvalue weighted by Gasteiger charge is -2.07. The molecule has 7 nitrogen and oxygen atoms in total. The lowest BCUT2D eigenvalue weighted by atomic mass is 10.1. The molecule has 146 valence electrons. The fourth-order valence-electron chi connectivity index (χ4n) is 3.08. The number of hydrogen-bond donors (Lipinski definition) is 1. The number of hydrogen-bond acceptors (Lipinski definition) is 5. The average molecular weight is 399 g/mol. The number of anilines is 1. The Bertz CT molecular complexity index is 1350. The Labute approximate surface area is 169 Å². The lowest BCUT2D eigenvalue weighted by molar-refractivity contribution is 0.0996. The van der Waals surface area contributed by atoms with E-state index in [1.807, 2.05) is 24.3 Å². The quantitative estimate of drug-likeness (QED) is 0.482. The molecular weight excluding hydrogens is 385 g/mol. The van der Waals surface area contributed by atoms with Gasteiger partial charge in [-0.3, -0.25) is 9.78 Å². The van der Waals surface area contributed by atoms with Gasteiger partial charge in [-0.1, -0.05) is 6.07 Å². The summed E-state index contributed by atoms with van der Waals surface area (Å²) in [5.74, 6) is -0.745. The summed E-state index contributed by atoms with van der Waals surface area (Å²) in [6.07, 6.45) is 6.48. The van der Waals surface area contributed by atoms with Crippen LogP contribution in [0, 0.1) is 5.82 Å². The van der Waals surface area contributed by atoms with Crippen LogP contribution in [0.3, 0.4) is 0 Å². The summed E-state index contributed by atoms with van der Waals surface area (Å²) in [6, 6.07) is 14.9. The molecular formula is C22H14FN5O2. The molecule has 0 aliphatic carbocycles. The molecule has 0 spiro atoms. The molecule has 5 aromatic rings. The third kappa shape index (κ3) is 3.30. The molecule has 1 amide bonds. The molecule has 0 aliphatic heterocycles. The Hall–Kier alpha value is -4.33. The standard InChI is InChI=1S/C22H14FN5O2/c23-17-7-6-16(26-22(29)20-5-3-9-30-20)11-19(17)28-13-15-10-14(12-25-21(15)27-28)18-4-1-2-8-24-18/h1-13H,(H,26,29). The maximum absolute atomic E-state index is 14.5.